The van der Waals surface area contributed by atoms with Gasteiger partial charge in [-0.05, 0) is 32.1 Å². The van der Waals surface area contributed by atoms with Gasteiger partial charge in [-0.1, -0.05) is 70.4 Å². The van der Waals surface area contributed by atoms with Crippen LogP contribution in [0.3, 0.4) is 0 Å². The number of aliphatic hydroxyl groups is 2. The smallest absolute Gasteiger partial charge is 1.00 e. The largest absolute Gasteiger partial charge is 1.00 e. The average Bonchev–Trinajstić information content (AvgIpc) is 2.62. The van der Waals surface area contributed by atoms with Crippen LogP contribution in [0.4, 0.5) is 0 Å². The zero-order valence-electron chi connectivity index (χ0n) is 18.3. The van der Waals surface area contributed by atoms with Gasteiger partial charge in [0, 0.05) is 6.42 Å². The second-order valence-corrected chi connectivity index (χ2v) is 6.85. The van der Waals surface area contributed by atoms with Gasteiger partial charge in [0.1, 0.15) is 12.7 Å². The molecule has 0 aromatic carbocycles. The minimum Gasteiger partial charge on any atom is -1.00 e. The van der Waals surface area contributed by atoms with E-state index in [2.05, 4.69) is 19.1 Å². The van der Waals surface area contributed by atoms with E-state index in [0.717, 1.165) is 25.7 Å². The standard InChI is InChI=1S/C21H40O4.Na.H/c1-2-3-4-5-6-7-8-9-10-11-12-13-14-15-16-17-21(24)25-19-20(23)18-22;;/h9-10,20,22-23H,2-8,11-19H2,1H3;;/q;+1;-1/b10-9-;;. The van der Waals surface area contributed by atoms with Gasteiger partial charge in [0.15, 0.2) is 0 Å². The molecule has 26 heavy (non-hydrogen) atoms. The summed E-state index contributed by atoms with van der Waals surface area (Å²) in [6.07, 6.45) is 20.1. The summed E-state index contributed by atoms with van der Waals surface area (Å²) in [6.45, 7) is 1.77. The monoisotopic (exact) mass is 380 g/mol. The van der Waals surface area contributed by atoms with Crippen molar-refractivity contribution in [3.63, 3.8) is 0 Å². The van der Waals surface area contributed by atoms with E-state index in [1.54, 1.807) is 0 Å². The molecule has 1 atom stereocenters. The van der Waals surface area contributed by atoms with Crippen molar-refractivity contribution in [2.45, 2.75) is 103 Å². The minimum atomic E-state index is -0.960. The van der Waals surface area contributed by atoms with Gasteiger partial charge < -0.3 is 16.4 Å². The Morgan fingerprint density at radius 1 is 0.923 bits per heavy atom. The summed E-state index contributed by atoms with van der Waals surface area (Å²) in [5.41, 5.74) is 0. The zero-order chi connectivity index (χ0) is 18.6. The van der Waals surface area contributed by atoms with E-state index in [-0.39, 0.29) is 50.2 Å². The van der Waals surface area contributed by atoms with E-state index in [1.165, 1.54) is 57.8 Å². The Morgan fingerprint density at radius 3 is 1.96 bits per heavy atom. The minimum absolute atomic E-state index is 0. The maximum absolute atomic E-state index is 11.4. The number of hydrogen-bond acceptors (Lipinski definition) is 4. The van der Waals surface area contributed by atoms with E-state index in [9.17, 15) is 4.79 Å². The Hall–Kier alpha value is 0.130. The maximum atomic E-state index is 11.4. The molecule has 0 aliphatic heterocycles. The molecule has 150 valence electrons. The first-order chi connectivity index (χ1) is 12.2. The Labute approximate surface area is 184 Å². The molecule has 4 nitrogen and oxygen atoms in total. The molecule has 0 bridgehead atoms. The van der Waals surface area contributed by atoms with Gasteiger partial charge in [0.2, 0.25) is 0 Å². The summed E-state index contributed by atoms with van der Waals surface area (Å²) < 4.78 is 4.86. The first kappa shape index (κ1) is 28.3. The number of rotatable bonds is 18. The summed E-state index contributed by atoms with van der Waals surface area (Å²) in [5, 5.41) is 17.7. The molecular formula is C21H41NaO4. The van der Waals surface area contributed by atoms with E-state index >= 15 is 0 Å². The Morgan fingerprint density at radius 2 is 1.42 bits per heavy atom. The molecule has 0 rings (SSSR count). The van der Waals surface area contributed by atoms with Crippen molar-refractivity contribution in [3.05, 3.63) is 12.2 Å². The zero-order valence-corrected chi connectivity index (χ0v) is 19.3. The number of hydrogen-bond donors (Lipinski definition) is 2. The summed E-state index contributed by atoms with van der Waals surface area (Å²) >= 11 is 0. The van der Waals surface area contributed by atoms with Crippen molar-refractivity contribution in [1.82, 2.24) is 0 Å². The molecule has 1 unspecified atom stereocenters. The molecule has 0 saturated heterocycles. The van der Waals surface area contributed by atoms with Crippen molar-refractivity contribution in [2.24, 2.45) is 0 Å². The molecule has 0 saturated carbocycles. The van der Waals surface area contributed by atoms with Crippen LogP contribution >= 0.6 is 0 Å². The molecule has 0 aromatic rings. The predicted octanol–water partition coefficient (Wildman–Crippen LogP) is 2.04. The number of allylic oxidation sites excluding steroid dienone is 2. The van der Waals surface area contributed by atoms with Crippen LogP contribution < -0.4 is 29.6 Å². The summed E-state index contributed by atoms with van der Waals surface area (Å²) in [7, 11) is 0. The van der Waals surface area contributed by atoms with E-state index in [4.69, 9.17) is 14.9 Å². The van der Waals surface area contributed by atoms with Gasteiger partial charge in [-0.15, -0.1) is 0 Å². The third kappa shape index (κ3) is 22.2. The number of esters is 1. The molecule has 0 aliphatic rings. The van der Waals surface area contributed by atoms with Crippen LogP contribution in [0, 0.1) is 0 Å². The maximum Gasteiger partial charge on any atom is 1.00 e. The van der Waals surface area contributed by atoms with Gasteiger partial charge in [0.25, 0.3) is 0 Å². The molecule has 0 spiro atoms. The second kappa shape index (κ2) is 23.2. The van der Waals surface area contributed by atoms with Gasteiger partial charge in [0.05, 0.1) is 6.61 Å². The van der Waals surface area contributed by atoms with Crippen molar-refractivity contribution < 1.29 is 50.7 Å². The van der Waals surface area contributed by atoms with Crippen molar-refractivity contribution in [2.75, 3.05) is 13.2 Å². The quantitative estimate of drug-likeness (QED) is 0.165. The topological polar surface area (TPSA) is 66.8 Å². The van der Waals surface area contributed by atoms with E-state index in [0.29, 0.717) is 6.42 Å². The van der Waals surface area contributed by atoms with Crippen LogP contribution in [-0.4, -0.2) is 35.5 Å². The normalized spacial score (nSPS) is 12.1. The van der Waals surface area contributed by atoms with Gasteiger partial charge in [-0.25, -0.2) is 0 Å². The first-order valence-electron chi connectivity index (χ1n) is 10.3. The van der Waals surface area contributed by atoms with E-state index in [1.807, 2.05) is 0 Å². The predicted molar refractivity (Wildman–Crippen MR) is 105 cm³/mol. The fourth-order valence-corrected chi connectivity index (χ4v) is 2.65. The molecule has 5 heteroatoms. The molecule has 0 aromatic heterocycles. The third-order valence-electron chi connectivity index (χ3n) is 4.29. The SMILES string of the molecule is CCCCCCCC/C=C\CCCCCCCC(=O)OCC(O)CO.[H-].[Na+]. The molecule has 2 N–H and O–H groups in total. The molecule has 0 heterocycles. The summed E-state index contributed by atoms with van der Waals surface area (Å²) in [5.74, 6) is -0.287. The first-order valence-corrected chi connectivity index (χ1v) is 10.3. The molecular weight excluding hydrogens is 339 g/mol. The molecule has 0 radical (unpaired) electrons. The number of carbonyl (C=O) groups excluding carboxylic acids is 1. The molecule has 0 aliphatic carbocycles. The van der Waals surface area contributed by atoms with Gasteiger partial charge in [-0.2, -0.15) is 0 Å². The van der Waals surface area contributed by atoms with Gasteiger partial charge in [-0.3, -0.25) is 4.79 Å². The fourth-order valence-electron chi connectivity index (χ4n) is 2.65. The van der Waals surface area contributed by atoms with Crippen LogP contribution in [0.5, 0.6) is 0 Å². The van der Waals surface area contributed by atoms with Crippen molar-refractivity contribution in [3.8, 4) is 0 Å². The van der Waals surface area contributed by atoms with Crippen LogP contribution in [0.15, 0.2) is 12.2 Å². The number of unbranched alkanes of at least 4 members (excludes halogenated alkanes) is 11. The number of carbonyl (C=O) groups is 1. The molecule has 0 amide bonds. The van der Waals surface area contributed by atoms with E-state index < -0.39 is 6.10 Å². The Kier molecular flexibility index (Phi) is 25.3. The van der Waals surface area contributed by atoms with Crippen LogP contribution in [-0.2, 0) is 9.53 Å². The third-order valence-corrected chi connectivity index (χ3v) is 4.29. The average molecular weight is 381 g/mol. The van der Waals surface area contributed by atoms with Crippen LogP contribution in [0.25, 0.3) is 0 Å². The van der Waals surface area contributed by atoms with Crippen molar-refractivity contribution in [1.29, 1.82) is 0 Å². The summed E-state index contributed by atoms with van der Waals surface area (Å²) in [4.78, 5) is 11.4. The number of ether oxygens (including phenoxy) is 1. The molecule has 0 fully saturated rings. The Bertz CT molecular complexity index is 327. The van der Waals surface area contributed by atoms with Crippen LogP contribution in [0.1, 0.15) is 98.2 Å². The van der Waals surface area contributed by atoms with Crippen molar-refractivity contribution >= 4 is 5.97 Å². The summed E-state index contributed by atoms with van der Waals surface area (Å²) in [6, 6.07) is 0. The van der Waals surface area contributed by atoms with Gasteiger partial charge >= 0.3 is 35.5 Å². The van der Waals surface area contributed by atoms with Crippen LogP contribution in [0.2, 0.25) is 0 Å². The number of aliphatic hydroxyl groups excluding tert-OH is 2. The fraction of sp³-hybridized carbons (Fsp3) is 0.857. The Balaban J connectivity index is -0.00000288. The second-order valence-electron chi connectivity index (χ2n) is 6.85.